The van der Waals surface area contributed by atoms with Crippen LogP contribution >= 0.6 is 0 Å². The van der Waals surface area contributed by atoms with Gasteiger partial charge in [0.2, 0.25) is 5.91 Å². The number of ether oxygens (including phenoxy) is 1. The molecule has 1 saturated heterocycles. The van der Waals surface area contributed by atoms with E-state index in [1.165, 1.54) is 19.3 Å². The lowest BCUT2D eigenvalue weighted by Crippen LogP contribution is -2.39. The van der Waals surface area contributed by atoms with Gasteiger partial charge in [-0.05, 0) is 81.7 Å². The van der Waals surface area contributed by atoms with E-state index in [4.69, 9.17) is 4.74 Å². The van der Waals surface area contributed by atoms with E-state index < -0.39 is 0 Å². The molecule has 3 rings (SSSR count). The van der Waals surface area contributed by atoms with Gasteiger partial charge < -0.3 is 15.4 Å². The molecule has 0 spiro atoms. The van der Waals surface area contributed by atoms with Crippen LogP contribution in [0.3, 0.4) is 0 Å². The van der Waals surface area contributed by atoms with E-state index in [-0.39, 0.29) is 5.91 Å². The molecule has 2 N–H and O–H groups in total. The molecule has 0 aromatic heterocycles. The maximum absolute atomic E-state index is 12.3. The van der Waals surface area contributed by atoms with Crippen molar-refractivity contribution in [1.29, 1.82) is 0 Å². The van der Waals surface area contributed by atoms with Crippen molar-refractivity contribution in [3.8, 4) is 5.75 Å². The van der Waals surface area contributed by atoms with E-state index in [1.54, 1.807) is 0 Å². The number of benzene rings is 2. The molecule has 5 heteroatoms. The minimum Gasteiger partial charge on any atom is -0.489 e. The van der Waals surface area contributed by atoms with Gasteiger partial charge >= 0.3 is 0 Å². The summed E-state index contributed by atoms with van der Waals surface area (Å²) in [6.45, 7) is 4.10. The number of anilines is 1. The van der Waals surface area contributed by atoms with Gasteiger partial charge in [0.05, 0.1) is 6.54 Å². The van der Waals surface area contributed by atoms with Gasteiger partial charge in [-0.2, -0.15) is 0 Å². The van der Waals surface area contributed by atoms with Crippen molar-refractivity contribution in [2.24, 2.45) is 5.92 Å². The predicted molar refractivity (Wildman–Crippen MR) is 114 cm³/mol. The Morgan fingerprint density at radius 1 is 1.07 bits per heavy atom. The van der Waals surface area contributed by atoms with Gasteiger partial charge in [-0.3, -0.25) is 9.69 Å². The van der Waals surface area contributed by atoms with Gasteiger partial charge in [0, 0.05) is 5.69 Å². The van der Waals surface area contributed by atoms with E-state index >= 15 is 0 Å². The highest BCUT2D eigenvalue weighted by atomic mass is 16.5. The van der Waals surface area contributed by atoms with Gasteiger partial charge in [-0.25, -0.2) is 0 Å². The number of nitrogens with one attached hydrogen (secondary N) is 2. The van der Waals surface area contributed by atoms with Crippen LogP contribution in [0.5, 0.6) is 5.75 Å². The summed E-state index contributed by atoms with van der Waals surface area (Å²) in [5.41, 5.74) is 1.94. The van der Waals surface area contributed by atoms with Crippen molar-refractivity contribution in [2.75, 3.05) is 38.5 Å². The number of likely N-dealkylation sites (tertiary alicyclic amines) is 1. The summed E-state index contributed by atoms with van der Waals surface area (Å²) in [4.78, 5) is 14.6. The Kier molecular flexibility index (Phi) is 7.88. The number of nitrogens with zero attached hydrogens (tertiary/aromatic N) is 1. The van der Waals surface area contributed by atoms with Crippen LogP contribution in [-0.2, 0) is 11.4 Å². The van der Waals surface area contributed by atoms with Crippen molar-refractivity contribution < 1.29 is 9.53 Å². The standard InChI is InChI=1S/C23H31N3O2/c1-24-14-11-19-12-15-26(16-13-19)17-23(27)25-21-7-9-22(10-8-21)28-18-20-5-3-2-4-6-20/h2-10,19,24H,11-18H2,1H3,(H,25,27). The zero-order valence-electron chi connectivity index (χ0n) is 16.7. The average molecular weight is 382 g/mol. The van der Waals surface area contributed by atoms with E-state index in [9.17, 15) is 4.79 Å². The lowest BCUT2D eigenvalue weighted by molar-refractivity contribution is -0.117. The lowest BCUT2D eigenvalue weighted by Gasteiger charge is -2.31. The molecule has 1 heterocycles. The maximum Gasteiger partial charge on any atom is 0.238 e. The zero-order chi connectivity index (χ0) is 19.6. The topological polar surface area (TPSA) is 53.6 Å². The van der Waals surface area contributed by atoms with Crippen LogP contribution in [0.2, 0.25) is 0 Å². The van der Waals surface area contributed by atoms with Gasteiger partial charge in [0.25, 0.3) is 0 Å². The monoisotopic (exact) mass is 381 g/mol. The maximum atomic E-state index is 12.3. The fraction of sp³-hybridized carbons (Fsp3) is 0.435. The molecule has 150 valence electrons. The first kappa shape index (κ1) is 20.4. The molecule has 1 fully saturated rings. The summed E-state index contributed by atoms with van der Waals surface area (Å²) in [5, 5.41) is 6.21. The van der Waals surface area contributed by atoms with Crippen LogP contribution in [0, 0.1) is 5.92 Å². The van der Waals surface area contributed by atoms with Crippen molar-refractivity contribution in [2.45, 2.75) is 25.9 Å². The molecule has 0 saturated carbocycles. The molecule has 0 unspecified atom stereocenters. The summed E-state index contributed by atoms with van der Waals surface area (Å²) in [6, 6.07) is 17.6. The largest absolute Gasteiger partial charge is 0.489 e. The summed E-state index contributed by atoms with van der Waals surface area (Å²) >= 11 is 0. The van der Waals surface area contributed by atoms with E-state index in [0.29, 0.717) is 13.2 Å². The fourth-order valence-corrected chi connectivity index (χ4v) is 3.56. The Balaban J connectivity index is 1.38. The number of rotatable bonds is 9. The predicted octanol–water partition coefficient (Wildman–Crippen LogP) is 3.53. The molecule has 0 aliphatic carbocycles. The van der Waals surface area contributed by atoms with Crippen molar-refractivity contribution in [3.63, 3.8) is 0 Å². The van der Waals surface area contributed by atoms with Gasteiger partial charge in [0.15, 0.2) is 0 Å². The molecule has 1 aliphatic rings. The van der Waals surface area contributed by atoms with Crippen molar-refractivity contribution >= 4 is 11.6 Å². The van der Waals surface area contributed by atoms with Gasteiger partial charge in [-0.1, -0.05) is 30.3 Å². The van der Waals surface area contributed by atoms with Crippen LogP contribution in [0.25, 0.3) is 0 Å². The van der Waals surface area contributed by atoms with Gasteiger partial charge in [0.1, 0.15) is 12.4 Å². The summed E-state index contributed by atoms with van der Waals surface area (Å²) in [5.74, 6) is 1.63. The zero-order valence-corrected chi connectivity index (χ0v) is 16.7. The number of piperidine rings is 1. The minimum absolute atomic E-state index is 0.0478. The second-order valence-electron chi connectivity index (χ2n) is 7.46. The Hall–Kier alpha value is -2.37. The third-order valence-electron chi connectivity index (χ3n) is 5.26. The molecule has 0 bridgehead atoms. The molecular weight excluding hydrogens is 350 g/mol. The van der Waals surface area contributed by atoms with E-state index in [0.717, 1.165) is 42.6 Å². The molecule has 1 amide bonds. The normalized spacial score (nSPS) is 15.3. The summed E-state index contributed by atoms with van der Waals surface area (Å²) in [7, 11) is 2.00. The second kappa shape index (κ2) is 10.8. The Labute approximate surface area is 168 Å². The Morgan fingerprint density at radius 2 is 1.79 bits per heavy atom. The van der Waals surface area contributed by atoms with Crippen LogP contribution < -0.4 is 15.4 Å². The highest BCUT2D eigenvalue weighted by Gasteiger charge is 2.20. The lowest BCUT2D eigenvalue weighted by atomic mass is 9.93. The Morgan fingerprint density at radius 3 is 2.46 bits per heavy atom. The van der Waals surface area contributed by atoms with Crippen molar-refractivity contribution in [1.82, 2.24) is 10.2 Å². The quantitative estimate of drug-likeness (QED) is 0.698. The molecule has 0 atom stereocenters. The highest BCUT2D eigenvalue weighted by Crippen LogP contribution is 2.20. The van der Waals surface area contributed by atoms with Crippen LogP contribution in [0.1, 0.15) is 24.8 Å². The number of hydrogen-bond donors (Lipinski definition) is 2. The first-order valence-corrected chi connectivity index (χ1v) is 10.2. The minimum atomic E-state index is 0.0478. The molecule has 5 nitrogen and oxygen atoms in total. The molecule has 0 radical (unpaired) electrons. The molecular formula is C23H31N3O2. The average Bonchev–Trinajstić information content (AvgIpc) is 2.73. The molecule has 2 aromatic rings. The van der Waals surface area contributed by atoms with Crippen LogP contribution in [0.4, 0.5) is 5.69 Å². The fourth-order valence-electron chi connectivity index (χ4n) is 3.56. The van der Waals surface area contributed by atoms with E-state index in [1.807, 2.05) is 61.6 Å². The first-order chi connectivity index (χ1) is 13.7. The molecule has 28 heavy (non-hydrogen) atoms. The number of amides is 1. The smallest absolute Gasteiger partial charge is 0.238 e. The summed E-state index contributed by atoms with van der Waals surface area (Å²) in [6.07, 6.45) is 3.60. The Bertz CT molecular complexity index is 710. The number of carbonyl (C=O) groups is 1. The third kappa shape index (κ3) is 6.66. The summed E-state index contributed by atoms with van der Waals surface area (Å²) < 4.78 is 5.79. The third-order valence-corrected chi connectivity index (χ3v) is 5.26. The molecule has 1 aliphatic heterocycles. The van der Waals surface area contributed by atoms with E-state index in [2.05, 4.69) is 15.5 Å². The van der Waals surface area contributed by atoms with Crippen LogP contribution in [0.15, 0.2) is 54.6 Å². The second-order valence-corrected chi connectivity index (χ2v) is 7.46. The van der Waals surface area contributed by atoms with Crippen LogP contribution in [-0.4, -0.2) is 44.0 Å². The van der Waals surface area contributed by atoms with Gasteiger partial charge in [-0.15, -0.1) is 0 Å². The SMILES string of the molecule is CNCCC1CCN(CC(=O)Nc2ccc(OCc3ccccc3)cc2)CC1. The number of carbonyl (C=O) groups excluding carboxylic acids is 1. The highest BCUT2D eigenvalue weighted by molar-refractivity contribution is 5.92. The van der Waals surface area contributed by atoms with Crippen molar-refractivity contribution in [3.05, 3.63) is 60.2 Å². The first-order valence-electron chi connectivity index (χ1n) is 10.2. The number of hydrogen-bond acceptors (Lipinski definition) is 4. The molecule has 2 aromatic carbocycles.